The number of nitrogens with one attached hydrogen (secondary N) is 4. The smallest absolute Gasteiger partial charge is 0.122 e. The summed E-state index contributed by atoms with van der Waals surface area (Å²) < 4.78 is 13.7. The number of fused-ring (bicyclic) bond motifs is 1. The number of hydrogen-bond acceptors (Lipinski definition) is 7. The van der Waals surface area contributed by atoms with Crippen molar-refractivity contribution in [2.24, 2.45) is 5.41 Å². The van der Waals surface area contributed by atoms with E-state index in [1.54, 1.807) is 0 Å². The van der Waals surface area contributed by atoms with Gasteiger partial charge >= 0.3 is 0 Å². The van der Waals surface area contributed by atoms with E-state index in [-0.39, 0.29) is 13.0 Å². The normalized spacial score (nSPS) is 29.0. The molecule has 2 bridgehead atoms. The molecule has 3 aliphatic carbocycles. The first kappa shape index (κ1) is 25.3. The minimum absolute atomic E-state index is 0. The van der Waals surface area contributed by atoms with E-state index in [1.807, 2.05) is 52.0 Å². The molecular weight excluding hydrogens is 441 g/mol. The number of halogens is 1. The van der Waals surface area contributed by atoms with E-state index in [0.717, 1.165) is 54.9 Å². The number of pyridine rings is 1. The second-order valence-electron chi connectivity index (χ2n) is 9.70. The molecule has 0 saturated heterocycles. The van der Waals surface area contributed by atoms with Crippen LogP contribution in [-0.2, 0) is 0 Å². The van der Waals surface area contributed by atoms with Crippen LogP contribution in [0, 0.1) is 12.3 Å². The van der Waals surface area contributed by atoms with E-state index in [2.05, 4.69) is 68.3 Å². The molecule has 0 radical (unpaired) electrons. The molecule has 6 aliphatic rings. The van der Waals surface area contributed by atoms with Gasteiger partial charge in [0.1, 0.15) is 11.8 Å². The van der Waals surface area contributed by atoms with Crippen LogP contribution in [0.15, 0.2) is 60.5 Å². The summed E-state index contributed by atoms with van der Waals surface area (Å²) in [6.45, 7) is 12.5. The zero-order valence-electron chi connectivity index (χ0n) is 21.7. The third-order valence-corrected chi connectivity index (χ3v) is 6.82. The Kier molecular flexibility index (Phi) is 7.52. The lowest BCUT2D eigenvalue weighted by atomic mass is 9.42. The Hall–Kier alpha value is -2.84. The van der Waals surface area contributed by atoms with Gasteiger partial charge in [-0.1, -0.05) is 33.8 Å². The van der Waals surface area contributed by atoms with Gasteiger partial charge in [-0.3, -0.25) is 9.99 Å². The van der Waals surface area contributed by atoms with Gasteiger partial charge in [-0.15, -0.1) is 5.53 Å². The fourth-order valence-electron chi connectivity index (χ4n) is 5.46. The molecule has 0 amide bonds. The fraction of sp³-hybridized carbons (Fsp3) is 0.519. The molecule has 0 aromatic carbocycles. The van der Waals surface area contributed by atoms with Crippen LogP contribution in [0.5, 0.6) is 0 Å². The molecule has 192 valence electrons. The van der Waals surface area contributed by atoms with Crippen LogP contribution in [0.4, 0.5) is 4.39 Å². The quantitative estimate of drug-likeness (QED) is 0.461. The molecule has 1 aromatic heterocycles. The highest BCUT2D eigenvalue weighted by Gasteiger charge is 2.68. The predicted molar refractivity (Wildman–Crippen MR) is 142 cm³/mol. The fourth-order valence-corrected chi connectivity index (χ4v) is 5.46. The van der Waals surface area contributed by atoms with Crippen molar-refractivity contribution in [3.05, 3.63) is 71.6 Å². The van der Waals surface area contributed by atoms with E-state index < -0.39 is 5.67 Å². The molecule has 35 heavy (non-hydrogen) atoms. The highest BCUT2D eigenvalue weighted by atomic mass is 19.1. The molecule has 1 unspecified atom stereocenters. The molecule has 3 fully saturated rings. The average Bonchev–Trinajstić information content (AvgIpc) is 3.46. The Labute approximate surface area is 210 Å². The van der Waals surface area contributed by atoms with Crippen molar-refractivity contribution in [3.8, 4) is 0 Å². The maximum atomic E-state index is 13.7. The zero-order valence-corrected chi connectivity index (χ0v) is 21.7. The molecule has 4 heterocycles. The van der Waals surface area contributed by atoms with E-state index in [1.165, 1.54) is 5.57 Å². The van der Waals surface area contributed by atoms with Crippen molar-refractivity contribution in [1.29, 1.82) is 0 Å². The summed E-state index contributed by atoms with van der Waals surface area (Å²) in [6.07, 6.45) is 16.9. The molecule has 7 nitrogen and oxygen atoms in total. The van der Waals surface area contributed by atoms with Crippen LogP contribution in [0.1, 0.15) is 59.5 Å². The van der Waals surface area contributed by atoms with Gasteiger partial charge in [-0.05, 0) is 54.9 Å². The van der Waals surface area contributed by atoms with Gasteiger partial charge in [0.2, 0.25) is 0 Å². The molecule has 3 aliphatic heterocycles. The Morgan fingerprint density at radius 1 is 1.14 bits per heavy atom. The molecule has 0 spiro atoms. The third-order valence-electron chi connectivity index (χ3n) is 6.82. The van der Waals surface area contributed by atoms with Crippen molar-refractivity contribution in [2.45, 2.75) is 65.7 Å². The Morgan fingerprint density at radius 2 is 1.91 bits per heavy atom. The first-order chi connectivity index (χ1) is 17.0. The first-order valence-corrected chi connectivity index (χ1v) is 12.9. The van der Waals surface area contributed by atoms with Gasteiger partial charge in [-0.25, -0.2) is 4.39 Å². The lowest BCUT2D eigenvalue weighted by Gasteiger charge is -2.66. The number of nitrogens with zero attached hydrogens (tertiary/aromatic N) is 3. The number of alkyl halides is 1. The van der Waals surface area contributed by atoms with E-state index >= 15 is 0 Å². The molecule has 7 rings (SSSR count). The van der Waals surface area contributed by atoms with Gasteiger partial charge in [0.05, 0.1) is 17.9 Å². The molecule has 1 atom stereocenters. The Balaban J connectivity index is 0.000000690. The predicted octanol–water partition coefficient (Wildman–Crippen LogP) is 4.32. The summed E-state index contributed by atoms with van der Waals surface area (Å²) in [5.74, 6) is 0. The summed E-state index contributed by atoms with van der Waals surface area (Å²) in [7, 11) is 0. The van der Waals surface area contributed by atoms with Crippen LogP contribution in [0.2, 0.25) is 0 Å². The van der Waals surface area contributed by atoms with Crippen LogP contribution in [-0.4, -0.2) is 46.4 Å². The standard InChI is InChI=1S/C23H28FN7.2C2H6.H2/c1-16-4-18(7-25-5-16)20-11-31(29-28-20)10-19-9-30-8-17(2-3-21(30)27-19)6-26-15-22-12-23(24,13-22)14-22;2*1-2;/h2-5,7-9,11,21,26-29H,6,10,12-15H2,1H3;2*1-2H3;1H. The van der Waals surface area contributed by atoms with Gasteiger partial charge in [-0.2, -0.15) is 0 Å². The maximum absolute atomic E-state index is 13.7. The molecule has 1 aromatic rings. The zero-order chi connectivity index (χ0) is 25.1. The molecule has 4 N–H and O–H groups in total. The van der Waals surface area contributed by atoms with Crippen LogP contribution < -0.4 is 21.6 Å². The van der Waals surface area contributed by atoms with Crippen LogP contribution in [0.3, 0.4) is 0 Å². The van der Waals surface area contributed by atoms with Crippen LogP contribution >= 0.6 is 0 Å². The summed E-state index contributed by atoms with van der Waals surface area (Å²) in [5.41, 5.74) is 11.4. The SMILES string of the molecule is CC.CC.Cc1cncc(C2=CN(CC3=CN4C=C(CNCC56CC(F)(C5)C6)C=CC4N3)NN2)c1.[HH]. The van der Waals surface area contributed by atoms with E-state index in [0.29, 0.717) is 6.54 Å². The van der Waals surface area contributed by atoms with Crippen molar-refractivity contribution in [3.63, 3.8) is 0 Å². The lowest BCUT2D eigenvalue weighted by Crippen LogP contribution is -2.67. The number of hydrazine groups is 2. The van der Waals surface area contributed by atoms with Gasteiger partial charge in [0.25, 0.3) is 0 Å². The molecule has 8 heteroatoms. The third kappa shape index (κ3) is 5.38. The number of rotatable bonds is 7. The van der Waals surface area contributed by atoms with Crippen molar-refractivity contribution in [1.82, 2.24) is 36.5 Å². The highest BCUT2D eigenvalue weighted by Crippen LogP contribution is 2.69. The average molecular weight is 484 g/mol. The number of hydrogen-bond donors (Lipinski definition) is 4. The Bertz CT molecular complexity index is 1010. The monoisotopic (exact) mass is 483 g/mol. The van der Waals surface area contributed by atoms with Crippen molar-refractivity contribution in [2.75, 3.05) is 19.6 Å². The summed E-state index contributed by atoms with van der Waals surface area (Å²) in [5, 5.41) is 9.11. The van der Waals surface area contributed by atoms with Crippen molar-refractivity contribution >= 4 is 5.70 Å². The minimum Gasteiger partial charge on any atom is -0.362 e. The summed E-state index contributed by atoms with van der Waals surface area (Å²) in [6, 6.07) is 2.11. The van der Waals surface area contributed by atoms with Crippen molar-refractivity contribution < 1.29 is 5.82 Å². The number of aromatic nitrogens is 1. The first-order valence-electron chi connectivity index (χ1n) is 12.9. The summed E-state index contributed by atoms with van der Waals surface area (Å²) >= 11 is 0. The van der Waals surface area contributed by atoms with Gasteiger partial charge in [0.15, 0.2) is 0 Å². The second-order valence-corrected chi connectivity index (χ2v) is 9.70. The van der Waals surface area contributed by atoms with Gasteiger partial charge in [0, 0.05) is 51.1 Å². The topological polar surface area (TPSA) is 67.5 Å². The van der Waals surface area contributed by atoms with Crippen LogP contribution in [0.25, 0.3) is 5.70 Å². The van der Waals surface area contributed by atoms with E-state index in [9.17, 15) is 4.39 Å². The Morgan fingerprint density at radius 3 is 2.63 bits per heavy atom. The largest absolute Gasteiger partial charge is 0.362 e. The lowest BCUT2D eigenvalue weighted by molar-refractivity contribution is -0.209. The molecule has 3 saturated carbocycles. The minimum atomic E-state index is -0.812. The number of aryl methyl sites for hydroxylation is 1. The second kappa shape index (κ2) is 10.4. The van der Waals surface area contributed by atoms with E-state index in [4.69, 9.17) is 0 Å². The maximum Gasteiger partial charge on any atom is 0.122 e. The highest BCUT2D eigenvalue weighted by molar-refractivity contribution is 5.64. The molecular formula is C27H42FN7. The summed E-state index contributed by atoms with van der Waals surface area (Å²) in [4.78, 5) is 6.48. The van der Waals surface area contributed by atoms with Gasteiger partial charge < -0.3 is 21.0 Å².